The summed E-state index contributed by atoms with van der Waals surface area (Å²) in [6.45, 7) is 5.39. The van der Waals surface area contributed by atoms with Gasteiger partial charge in [0.25, 0.3) is 0 Å². The molecule has 0 aliphatic carbocycles. The second-order valence-electron chi connectivity index (χ2n) is 1.82. The topological polar surface area (TPSA) is 75.4 Å². The monoisotopic (exact) mass is 162 g/mol. The molecule has 0 aliphatic rings. The Morgan fingerprint density at radius 1 is 1.64 bits per heavy atom. The Morgan fingerprint density at radius 3 is 2.36 bits per heavy atom. The van der Waals surface area contributed by atoms with Crippen molar-refractivity contribution >= 4 is 5.91 Å². The molecule has 0 heterocycles. The molecule has 1 unspecified atom stereocenters. The molecule has 4 N–H and O–H groups in total. The fourth-order valence-electron chi connectivity index (χ4n) is 0.472. The Hall–Kier alpha value is -0.610. The SMILES string of the molecule is CC.CC(=O)NC(N)CCO. The maximum absolute atomic E-state index is 10.3. The molecule has 0 aromatic rings. The number of aliphatic hydroxyl groups is 1. The molecular weight excluding hydrogens is 144 g/mol. The van der Waals surface area contributed by atoms with Gasteiger partial charge in [0.15, 0.2) is 0 Å². The molecule has 1 amide bonds. The van der Waals surface area contributed by atoms with Crippen LogP contribution in [0.1, 0.15) is 27.2 Å². The molecule has 0 aliphatic heterocycles. The smallest absolute Gasteiger partial charge is 0.218 e. The fraction of sp³-hybridized carbons (Fsp3) is 0.857. The maximum atomic E-state index is 10.3. The first-order valence-electron chi connectivity index (χ1n) is 3.80. The first-order chi connectivity index (χ1) is 5.16. The van der Waals surface area contributed by atoms with Crippen LogP contribution in [0.15, 0.2) is 0 Å². The van der Waals surface area contributed by atoms with Gasteiger partial charge in [-0.05, 0) is 0 Å². The number of nitrogens with two attached hydrogens (primary N) is 1. The molecule has 0 aromatic carbocycles. The van der Waals surface area contributed by atoms with Crippen LogP contribution >= 0.6 is 0 Å². The molecule has 0 fully saturated rings. The van der Waals surface area contributed by atoms with E-state index < -0.39 is 6.17 Å². The van der Waals surface area contributed by atoms with Crippen LogP contribution in [0.2, 0.25) is 0 Å². The van der Waals surface area contributed by atoms with E-state index in [-0.39, 0.29) is 12.5 Å². The van der Waals surface area contributed by atoms with E-state index in [1.807, 2.05) is 13.8 Å². The van der Waals surface area contributed by atoms with Gasteiger partial charge in [-0.2, -0.15) is 0 Å². The summed E-state index contributed by atoms with van der Waals surface area (Å²) in [5.41, 5.74) is 5.29. The van der Waals surface area contributed by atoms with Gasteiger partial charge in [0.2, 0.25) is 5.91 Å². The van der Waals surface area contributed by atoms with Crippen LogP contribution in [0.3, 0.4) is 0 Å². The van der Waals surface area contributed by atoms with Crippen molar-refractivity contribution in [3.63, 3.8) is 0 Å². The van der Waals surface area contributed by atoms with Gasteiger partial charge in [0.05, 0.1) is 6.17 Å². The first kappa shape index (κ1) is 13.0. The minimum Gasteiger partial charge on any atom is -0.396 e. The van der Waals surface area contributed by atoms with E-state index in [9.17, 15) is 4.79 Å². The van der Waals surface area contributed by atoms with Crippen molar-refractivity contribution in [2.24, 2.45) is 5.73 Å². The molecule has 68 valence electrons. The highest BCUT2D eigenvalue weighted by Crippen LogP contribution is 1.79. The van der Waals surface area contributed by atoms with Gasteiger partial charge in [0.1, 0.15) is 0 Å². The van der Waals surface area contributed by atoms with Gasteiger partial charge in [-0.25, -0.2) is 0 Å². The summed E-state index contributed by atoms with van der Waals surface area (Å²) in [7, 11) is 0. The number of amides is 1. The molecule has 0 radical (unpaired) electrons. The summed E-state index contributed by atoms with van der Waals surface area (Å²) in [5.74, 6) is -0.170. The summed E-state index contributed by atoms with van der Waals surface area (Å²) >= 11 is 0. The lowest BCUT2D eigenvalue weighted by Crippen LogP contribution is -2.40. The quantitative estimate of drug-likeness (QED) is 0.504. The van der Waals surface area contributed by atoms with Crippen molar-refractivity contribution in [1.82, 2.24) is 5.32 Å². The van der Waals surface area contributed by atoms with E-state index in [2.05, 4.69) is 5.32 Å². The predicted molar refractivity (Wildman–Crippen MR) is 44.8 cm³/mol. The molecular formula is C7H18N2O2. The van der Waals surface area contributed by atoms with Crippen molar-refractivity contribution in [1.29, 1.82) is 0 Å². The molecule has 0 spiro atoms. The lowest BCUT2D eigenvalue weighted by molar-refractivity contribution is -0.119. The second-order valence-corrected chi connectivity index (χ2v) is 1.82. The van der Waals surface area contributed by atoms with Crippen molar-refractivity contribution < 1.29 is 9.90 Å². The third-order valence-corrected chi connectivity index (χ3v) is 0.829. The van der Waals surface area contributed by atoms with Crippen molar-refractivity contribution in [2.45, 2.75) is 33.4 Å². The zero-order valence-corrected chi connectivity index (χ0v) is 7.42. The van der Waals surface area contributed by atoms with Crippen LogP contribution in [0, 0.1) is 0 Å². The number of nitrogens with one attached hydrogen (secondary N) is 1. The lowest BCUT2D eigenvalue weighted by atomic mass is 10.3. The Balaban J connectivity index is 0. The average molecular weight is 162 g/mol. The Kier molecular flexibility index (Phi) is 11.1. The largest absolute Gasteiger partial charge is 0.396 e. The van der Waals surface area contributed by atoms with Gasteiger partial charge in [-0.15, -0.1) is 0 Å². The molecule has 1 atom stereocenters. The van der Waals surface area contributed by atoms with E-state index in [1.165, 1.54) is 6.92 Å². The number of hydrogen-bond acceptors (Lipinski definition) is 3. The summed E-state index contributed by atoms with van der Waals surface area (Å²) in [6.07, 6.45) is -0.00736. The Bertz CT molecular complexity index is 96.4. The Labute approximate surface area is 67.8 Å². The van der Waals surface area contributed by atoms with Crippen molar-refractivity contribution in [3.05, 3.63) is 0 Å². The highest BCUT2D eigenvalue weighted by atomic mass is 16.3. The van der Waals surface area contributed by atoms with Gasteiger partial charge < -0.3 is 16.2 Å². The third kappa shape index (κ3) is 12.6. The zero-order valence-electron chi connectivity index (χ0n) is 7.42. The zero-order chi connectivity index (χ0) is 9.28. The highest BCUT2D eigenvalue weighted by Gasteiger charge is 2.00. The summed E-state index contributed by atoms with van der Waals surface area (Å²) in [6, 6.07) is 0. The maximum Gasteiger partial charge on any atom is 0.218 e. The molecule has 0 rings (SSSR count). The van der Waals surface area contributed by atoms with Gasteiger partial charge in [-0.3, -0.25) is 4.79 Å². The molecule has 0 aromatic heterocycles. The van der Waals surface area contributed by atoms with Crippen molar-refractivity contribution in [2.75, 3.05) is 6.61 Å². The normalized spacial score (nSPS) is 11.0. The number of hydrogen-bond donors (Lipinski definition) is 3. The minimum atomic E-state index is -0.410. The van der Waals surface area contributed by atoms with E-state index in [1.54, 1.807) is 0 Å². The van der Waals surface area contributed by atoms with Crippen LogP contribution in [-0.2, 0) is 4.79 Å². The van der Waals surface area contributed by atoms with Crippen LogP contribution in [-0.4, -0.2) is 23.8 Å². The third-order valence-electron chi connectivity index (χ3n) is 0.829. The minimum absolute atomic E-state index is 0.00144. The fourth-order valence-corrected chi connectivity index (χ4v) is 0.472. The first-order valence-corrected chi connectivity index (χ1v) is 3.80. The lowest BCUT2D eigenvalue weighted by Gasteiger charge is -2.09. The number of aliphatic hydroxyl groups excluding tert-OH is 1. The van der Waals surface area contributed by atoms with E-state index >= 15 is 0 Å². The molecule has 4 nitrogen and oxygen atoms in total. The number of rotatable bonds is 3. The Morgan fingerprint density at radius 2 is 2.09 bits per heavy atom. The van der Waals surface area contributed by atoms with E-state index in [4.69, 9.17) is 10.8 Å². The van der Waals surface area contributed by atoms with Crippen LogP contribution in [0.4, 0.5) is 0 Å². The summed E-state index contributed by atoms with van der Waals surface area (Å²) < 4.78 is 0. The average Bonchev–Trinajstić information content (AvgIpc) is 1.91. The number of carbonyl (C=O) groups is 1. The van der Waals surface area contributed by atoms with Crippen molar-refractivity contribution in [3.8, 4) is 0 Å². The molecule has 4 heteroatoms. The van der Waals surface area contributed by atoms with E-state index in [0.717, 1.165) is 0 Å². The predicted octanol–water partition coefficient (Wildman–Crippen LogP) is -0.184. The molecule has 0 saturated heterocycles. The molecule has 0 saturated carbocycles. The summed E-state index contributed by atoms with van der Waals surface area (Å²) in [4.78, 5) is 10.3. The molecule has 0 bridgehead atoms. The van der Waals surface area contributed by atoms with Gasteiger partial charge in [0, 0.05) is 20.0 Å². The van der Waals surface area contributed by atoms with Crippen LogP contribution in [0.5, 0.6) is 0 Å². The summed E-state index contributed by atoms with van der Waals surface area (Å²) in [5, 5.41) is 10.7. The molecule has 11 heavy (non-hydrogen) atoms. The second kappa shape index (κ2) is 9.39. The van der Waals surface area contributed by atoms with E-state index in [0.29, 0.717) is 6.42 Å². The highest BCUT2D eigenvalue weighted by molar-refractivity contribution is 5.73. The number of carbonyl (C=O) groups excluding carboxylic acids is 1. The van der Waals surface area contributed by atoms with Crippen LogP contribution < -0.4 is 11.1 Å². The van der Waals surface area contributed by atoms with Crippen LogP contribution in [0.25, 0.3) is 0 Å². The standard InChI is InChI=1S/C5H12N2O2.C2H6/c1-4(9)7-5(6)2-3-8;1-2/h5,8H,2-3,6H2,1H3,(H,7,9);1-2H3. The van der Waals surface area contributed by atoms with Gasteiger partial charge >= 0.3 is 0 Å². The van der Waals surface area contributed by atoms with Gasteiger partial charge in [-0.1, -0.05) is 13.8 Å².